The minimum atomic E-state index is -2.01. The van der Waals surface area contributed by atoms with Gasteiger partial charge in [-0.15, -0.1) is 0 Å². The van der Waals surface area contributed by atoms with Crippen LogP contribution in [0.25, 0.3) is 0 Å². The zero-order valence-corrected chi connectivity index (χ0v) is 18.0. The van der Waals surface area contributed by atoms with E-state index in [2.05, 4.69) is 32.0 Å². The van der Waals surface area contributed by atoms with Crippen molar-refractivity contribution in [3.63, 3.8) is 0 Å². The Bertz CT molecular complexity index is 285. The lowest BCUT2D eigenvalue weighted by molar-refractivity contribution is 0.0643. The third-order valence-electron chi connectivity index (χ3n) is 5.24. The zero-order valence-electron chi connectivity index (χ0n) is 16.2. The van der Waals surface area contributed by atoms with E-state index in [4.69, 9.17) is 8.95 Å². The molecule has 24 heavy (non-hydrogen) atoms. The summed E-state index contributed by atoms with van der Waals surface area (Å²) in [5.74, 6) is 1.63. The van der Waals surface area contributed by atoms with Crippen molar-refractivity contribution in [2.24, 2.45) is 5.92 Å². The van der Waals surface area contributed by atoms with Crippen molar-refractivity contribution in [3.05, 3.63) is 0 Å². The molecule has 0 amide bonds. The van der Waals surface area contributed by atoms with Crippen LogP contribution >= 0.6 is 12.6 Å². The highest BCUT2D eigenvalue weighted by molar-refractivity contribution is 7.80. The molecule has 1 aliphatic rings. The van der Waals surface area contributed by atoms with Crippen LogP contribution in [-0.4, -0.2) is 27.5 Å². The third kappa shape index (κ3) is 9.81. The summed E-state index contributed by atoms with van der Waals surface area (Å²) in [4.78, 5) is 0. The second kappa shape index (κ2) is 14.6. The Hall–Kier alpha value is 0.447. The molecule has 0 aromatic carbocycles. The molecule has 2 unspecified atom stereocenters. The van der Waals surface area contributed by atoms with Gasteiger partial charge in [0, 0.05) is 13.2 Å². The van der Waals surface area contributed by atoms with Crippen LogP contribution < -0.4 is 5.48 Å². The molecule has 0 spiro atoms. The van der Waals surface area contributed by atoms with Gasteiger partial charge in [-0.1, -0.05) is 65.2 Å². The second-order valence-electron chi connectivity index (χ2n) is 7.31. The standard InChI is InChI=1S/C19H41NO2SSi/c1-3-5-6-7-8-9-10-11-13-19-14-15-21-24(4-2,17-12-16-23)22-20-18-19/h19-20,23H,3-18H2,1-2H3. The van der Waals surface area contributed by atoms with Crippen LogP contribution in [0.4, 0.5) is 0 Å². The van der Waals surface area contributed by atoms with E-state index in [0.29, 0.717) is 5.92 Å². The maximum absolute atomic E-state index is 6.25. The first-order chi connectivity index (χ1) is 11.8. The van der Waals surface area contributed by atoms with Crippen LogP contribution in [0.3, 0.4) is 0 Å². The minimum Gasteiger partial charge on any atom is -0.393 e. The van der Waals surface area contributed by atoms with E-state index in [0.717, 1.165) is 37.4 Å². The molecule has 1 saturated heterocycles. The lowest BCUT2D eigenvalue weighted by Crippen LogP contribution is -2.49. The monoisotopic (exact) mass is 375 g/mol. The Morgan fingerprint density at radius 2 is 1.71 bits per heavy atom. The summed E-state index contributed by atoms with van der Waals surface area (Å²) in [6.45, 7) is 6.36. The fourth-order valence-electron chi connectivity index (χ4n) is 3.47. The van der Waals surface area contributed by atoms with Crippen LogP contribution in [0.1, 0.15) is 84.5 Å². The Balaban J connectivity index is 2.12. The highest BCUT2D eigenvalue weighted by atomic mass is 32.1. The van der Waals surface area contributed by atoms with E-state index in [1.165, 1.54) is 64.2 Å². The number of hydroxylamine groups is 1. The summed E-state index contributed by atoms with van der Waals surface area (Å²) in [6.07, 6.45) is 14.8. The van der Waals surface area contributed by atoms with Gasteiger partial charge in [-0.25, -0.2) is 5.48 Å². The minimum absolute atomic E-state index is 0.707. The van der Waals surface area contributed by atoms with Gasteiger partial charge in [-0.3, -0.25) is 0 Å². The second-order valence-corrected chi connectivity index (χ2v) is 11.3. The Labute approximate surface area is 157 Å². The SMILES string of the molecule is CCCCCCCCCCC1CCO[Si](CC)(CCCS)ONC1. The molecule has 3 nitrogen and oxygen atoms in total. The molecule has 5 heteroatoms. The largest absolute Gasteiger partial charge is 0.393 e. The van der Waals surface area contributed by atoms with E-state index in [1.54, 1.807) is 0 Å². The smallest absolute Gasteiger partial charge is 0.357 e. The zero-order chi connectivity index (χ0) is 17.5. The van der Waals surface area contributed by atoms with E-state index in [-0.39, 0.29) is 0 Å². The van der Waals surface area contributed by atoms with Crippen molar-refractivity contribution in [2.45, 2.75) is 96.6 Å². The molecule has 1 aliphatic heterocycles. The molecule has 0 saturated carbocycles. The summed E-state index contributed by atoms with van der Waals surface area (Å²) < 4.78 is 12.3. The molecule has 1 rings (SSSR count). The van der Waals surface area contributed by atoms with Gasteiger partial charge in [0.2, 0.25) is 0 Å². The quantitative estimate of drug-likeness (QED) is 0.240. The first-order valence-corrected chi connectivity index (χ1v) is 13.3. The fraction of sp³-hybridized carbons (Fsp3) is 1.00. The van der Waals surface area contributed by atoms with Crippen LogP contribution in [0.5, 0.6) is 0 Å². The maximum Gasteiger partial charge on any atom is 0.357 e. The third-order valence-corrected chi connectivity index (χ3v) is 9.00. The van der Waals surface area contributed by atoms with Crippen molar-refractivity contribution in [1.29, 1.82) is 0 Å². The molecule has 144 valence electrons. The normalized spacial score (nSPS) is 25.4. The Morgan fingerprint density at radius 1 is 1.00 bits per heavy atom. The number of hydrogen-bond acceptors (Lipinski definition) is 4. The molecule has 0 radical (unpaired) electrons. The molecule has 0 aliphatic carbocycles. The predicted octanol–water partition coefficient (Wildman–Crippen LogP) is 5.86. The van der Waals surface area contributed by atoms with Gasteiger partial charge in [-0.2, -0.15) is 12.6 Å². The molecular weight excluding hydrogens is 334 g/mol. The van der Waals surface area contributed by atoms with Gasteiger partial charge >= 0.3 is 8.56 Å². The van der Waals surface area contributed by atoms with Gasteiger partial charge in [0.05, 0.1) is 0 Å². The lowest BCUT2D eigenvalue weighted by Gasteiger charge is -2.33. The summed E-state index contributed by atoms with van der Waals surface area (Å²) in [6, 6.07) is 2.08. The van der Waals surface area contributed by atoms with E-state index in [1.807, 2.05) is 0 Å². The number of nitrogens with one attached hydrogen (secondary N) is 1. The summed E-state index contributed by atoms with van der Waals surface area (Å²) >= 11 is 4.33. The van der Waals surface area contributed by atoms with Crippen molar-refractivity contribution in [2.75, 3.05) is 18.9 Å². The van der Waals surface area contributed by atoms with Crippen LogP contribution in [0.15, 0.2) is 0 Å². The Kier molecular flexibility index (Phi) is 13.7. The summed E-state index contributed by atoms with van der Waals surface area (Å²) in [5.41, 5.74) is 3.28. The van der Waals surface area contributed by atoms with Gasteiger partial charge < -0.3 is 8.95 Å². The van der Waals surface area contributed by atoms with Gasteiger partial charge in [0.25, 0.3) is 0 Å². The van der Waals surface area contributed by atoms with E-state index < -0.39 is 8.56 Å². The summed E-state index contributed by atoms with van der Waals surface area (Å²) in [7, 11) is -2.01. The topological polar surface area (TPSA) is 30.5 Å². The molecular formula is C19H41NO2SSi. The number of unbranched alkanes of at least 4 members (excludes halogenated alkanes) is 7. The number of rotatable bonds is 13. The molecule has 0 aromatic rings. The summed E-state index contributed by atoms with van der Waals surface area (Å²) in [5, 5.41) is 0. The van der Waals surface area contributed by atoms with Crippen molar-refractivity contribution >= 4 is 21.2 Å². The molecule has 2 atom stereocenters. The highest BCUT2D eigenvalue weighted by Crippen LogP contribution is 2.24. The fourth-order valence-corrected chi connectivity index (χ4v) is 6.48. The first-order valence-electron chi connectivity index (χ1n) is 10.4. The first kappa shape index (κ1) is 22.5. The molecule has 1 heterocycles. The van der Waals surface area contributed by atoms with Crippen LogP contribution in [0, 0.1) is 5.92 Å². The number of thiol groups is 1. The van der Waals surface area contributed by atoms with Crippen molar-refractivity contribution in [1.82, 2.24) is 5.48 Å². The maximum atomic E-state index is 6.25. The van der Waals surface area contributed by atoms with E-state index >= 15 is 0 Å². The van der Waals surface area contributed by atoms with E-state index in [9.17, 15) is 0 Å². The average molecular weight is 376 g/mol. The number of hydrogen-bond donors (Lipinski definition) is 2. The van der Waals surface area contributed by atoms with Gasteiger partial charge in [-0.05, 0) is 43.0 Å². The molecule has 1 N–H and O–H groups in total. The highest BCUT2D eigenvalue weighted by Gasteiger charge is 2.37. The van der Waals surface area contributed by atoms with Gasteiger partial charge in [0.15, 0.2) is 0 Å². The Morgan fingerprint density at radius 3 is 2.38 bits per heavy atom. The predicted molar refractivity (Wildman–Crippen MR) is 110 cm³/mol. The average Bonchev–Trinajstić information content (AvgIpc) is 2.58. The van der Waals surface area contributed by atoms with Crippen molar-refractivity contribution in [3.8, 4) is 0 Å². The van der Waals surface area contributed by atoms with Crippen LogP contribution in [-0.2, 0) is 8.95 Å². The van der Waals surface area contributed by atoms with Crippen LogP contribution in [0.2, 0.25) is 12.1 Å². The van der Waals surface area contributed by atoms with Gasteiger partial charge in [0.1, 0.15) is 0 Å². The molecule has 1 fully saturated rings. The van der Waals surface area contributed by atoms with Crippen molar-refractivity contribution < 1.29 is 8.95 Å². The lowest BCUT2D eigenvalue weighted by atomic mass is 9.97. The molecule has 0 bridgehead atoms. The molecule has 0 aromatic heterocycles.